The Morgan fingerprint density at radius 2 is 1.83 bits per heavy atom. The highest BCUT2D eigenvalue weighted by Crippen LogP contribution is 2.24. The Hall–Kier alpha value is -2.07. The van der Waals surface area contributed by atoms with E-state index in [1.54, 1.807) is 30.3 Å². The highest BCUT2D eigenvalue weighted by molar-refractivity contribution is 6.33. The molecule has 2 rings (SSSR count). The second kappa shape index (κ2) is 5.51. The zero-order chi connectivity index (χ0) is 13.0. The molecule has 0 unspecified atom stereocenters. The van der Waals surface area contributed by atoms with E-state index in [0.717, 1.165) is 0 Å². The van der Waals surface area contributed by atoms with E-state index in [0.29, 0.717) is 5.75 Å². The van der Waals surface area contributed by atoms with Crippen LogP contribution in [0.3, 0.4) is 0 Å². The van der Waals surface area contributed by atoms with E-state index in [2.05, 4.69) is 5.32 Å². The number of hydrogen-bond acceptors (Lipinski definition) is 2. The lowest BCUT2D eigenvalue weighted by Gasteiger charge is -2.08. The van der Waals surface area contributed by atoms with Gasteiger partial charge in [-0.15, -0.1) is 0 Å². The predicted octanol–water partition coefficient (Wildman–Crippen LogP) is 4.09. The molecule has 0 heterocycles. The summed E-state index contributed by atoms with van der Waals surface area (Å²) in [6, 6.07) is 12.6. The summed E-state index contributed by atoms with van der Waals surface area (Å²) in [6.07, 6.45) is -0.798. The minimum absolute atomic E-state index is 0.0971. The summed E-state index contributed by atoms with van der Waals surface area (Å²) in [5.41, 5.74) is -0.0971. The SMILES string of the molecule is O=C(Nc1c(F)cccc1Cl)Oc1ccccc1. The fourth-order valence-corrected chi connectivity index (χ4v) is 1.55. The molecule has 0 aliphatic heterocycles. The van der Waals surface area contributed by atoms with E-state index in [4.69, 9.17) is 16.3 Å². The van der Waals surface area contributed by atoms with Gasteiger partial charge in [-0.1, -0.05) is 35.9 Å². The molecular weight excluding hydrogens is 257 g/mol. The average Bonchev–Trinajstić information content (AvgIpc) is 2.35. The number of halogens is 2. The number of benzene rings is 2. The molecule has 0 aromatic heterocycles. The molecule has 1 amide bonds. The second-order valence-electron chi connectivity index (χ2n) is 3.42. The molecule has 0 bridgehead atoms. The van der Waals surface area contributed by atoms with Crippen LogP contribution in [0.5, 0.6) is 5.75 Å². The molecule has 1 N–H and O–H groups in total. The summed E-state index contributed by atoms with van der Waals surface area (Å²) in [7, 11) is 0. The molecule has 0 saturated heterocycles. The Labute approximate surface area is 108 Å². The molecule has 0 saturated carbocycles. The lowest BCUT2D eigenvalue weighted by molar-refractivity contribution is 0.215. The topological polar surface area (TPSA) is 38.3 Å². The molecular formula is C13H9ClFNO2. The van der Waals surface area contributed by atoms with Gasteiger partial charge in [0.2, 0.25) is 0 Å². The van der Waals surface area contributed by atoms with Crippen LogP contribution >= 0.6 is 11.6 Å². The predicted molar refractivity (Wildman–Crippen MR) is 67.5 cm³/mol. The number of amides is 1. The molecule has 0 aliphatic carbocycles. The number of carbonyl (C=O) groups excluding carboxylic acids is 1. The lowest BCUT2D eigenvalue weighted by Crippen LogP contribution is -2.17. The van der Waals surface area contributed by atoms with Crippen molar-refractivity contribution in [3.63, 3.8) is 0 Å². The van der Waals surface area contributed by atoms with Gasteiger partial charge in [0.1, 0.15) is 11.6 Å². The van der Waals surface area contributed by atoms with Crippen LogP contribution in [0, 0.1) is 5.82 Å². The third-order valence-electron chi connectivity index (χ3n) is 2.14. The van der Waals surface area contributed by atoms with Gasteiger partial charge in [0, 0.05) is 0 Å². The van der Waals surface area contributed by atoms with Gasteiger partial charge in [-0.3, -0.25) is 5.32 Å². The molecule has 0 radical (unpaired) electrons. The number of ether oxygens (including phenoxy) is 1. The number of anilines is 1. The Morgan fingerprint density at radius 3 is 2.50 bits per heavy atom. The highest BCUT2D eigenvalue weighted by Gasteiger charge is 2.11. The molecule has 0 atom stereocenters. The summed E-state index contributed by atoms with van der Waals surface area (Å²) in [5.74, 6) is -0.255. The van der Waals surface area contributed by atoms with Gasteiger partial charge in [0.15, 0.2) is 0 Å². The van der Waals surface area contributed by atoms with E-state index >= 15 is 0 Å². The summed E-state index contributed by atoms with van der Waals surface area (Å²) >= 11 is 5.77. The molecule has 0 fully saturated rings. The van der Waals surface area contributed by atoms with Crippen LogP contribution in [0.4, 0.5) is 14.9 Å². The van der Waals surface area contributed by atoms with Gasteiger partial charge >= 0.3 is 6.09 Å². The largest absolute Gasteiger partial charge is 0.417 e. The normalized spacial score (nSPS) is 9.89. The zero-order valence-corrected chi connectivity index (χ0v) is 9.95. The maximum atomic E-state index is 13.4. The fraction of sp³-hybridized carbons (Fsp3) is 0. The van der Waals surface area contributed by atoms with E-state index in [1.165, 1.54) is 18.2 Å². The van der Waals surface area contributed by atoms with Crippen LogP contribution in [0.25, 0.3) is 0 Å². The number of rotatable bonds is 2. The maximum Gasteiger partial charge on any atom is 0.417 e. The standard InChI is InChI=1S/C13H9ClFNO2/c14-10-7-4-8-11(15)12(10)16-13(17)18-9-5-2-1-3-6-9/h1-8H,(H,16,17). The first kappa shape index (κ1) is 12.4. The fourth-order valence-electron chi connectivity index (χ4n) is 1.34. The van der Waals surface area contributed by atoms with Crippen molar-refractivity contribution in [3.05, 3.63) is 59.4 Å². The molecule has 0 aliphatic rings. The molecule has 92 valence electrons. The van der Waals surface area contributed by atoms with Gasteiger partial charge in [0.25, 0.3) is 0 Å². The minimum atomic E-state index is -0.798. The van der Waals surface area contributed by atoms with Crippen molar-refractivity contribution in [2.75, 3.05) is 5.32 Å². The molecule has 2 aromatic rings. The van der Waals surface area contributed by atoms with Gasteiger partial charge in [-0.25, -0.2) is 9.18 Å². The van der Waals surface area contributed by atoms with Crippen LogP contribution in [-0.2, 0) is 0 Å². The van der Waals surface area contributed by atoms with Crippen molar-refractivity contribution >= 4 is 23.4 Å². The first-order valence-electron chi connectivity index (χ1n) is 5.15. The molecule has 0 spiro atoms. The average molecular weight is 266 g/mol. The quantitative estimate of drug-likeness (QED) is 0.888. The summed E-state index contributed by atoms with van der Waals surface area (Å²) in [5, 5.41) is 2.37. The summed E-state index contributed by atoms with van der Waals surface area (Å²) < 4.78 is 18.3. The Morgan fingerprint density at radius 1 is 1.11 bits per heavy atom. The van der Waals surface area contributed by atoms with Crippen molar-refractivity contribution in [1.82, 2.24) is 0 Å². The second-order valence-corrected chi connectivity index (χ2v) is 3.83. The third kappa shape index (κ3) is 2.99. The van der Waals surface area contributed by atoms with E-state index in [-0.39, 0.29) is 10.7 Å². The first-order valence-corrected chi connectivity index (χ1v) is 5.52. The van der Waals surface area contributed by atoms with Gasteiger partial charge in [-0.2, -0.15) is 0 Å². The highest BCUT2D eigenvalue weighted by atomic mass is 35.5. The smallest absolute Gasteiger partial charge is 0.410 e. The molecule has 18 heavy (non-hydrogen) atoms. The maximum absolute atomic E-state index is 13.4. The van der Waals surface area contributed by atoms with Gasteiger partial charge < -0.3 is 4.74 Å². The van der Waals surface area contributed by atoms with E-state index < -0.39 is 11.9 Å². The number of para-hydroxylation sites is 2. The summed E-state index contributed by atoms with van der Waals surface area (Å²) in [6.45, 7) is 0. The van der Waals surface area contributed by atoms with Crippen molar-refractivity contribution in [2.24, 2.45) is 0 Å². The monoisotopic (exact) mass is 265 g/mol. The summed E-state index contributed by atoms with van der Waals surface area (Å²) in [4.78, 5) is 11.5. The minimum Gasteiger partial charge on any atom is -0.410 e. The third-order valence-corrected chi connectivity index (χ3v) is 2.46. The van der Waals surface area contributed by atoms with Crippen LogP contribution in [0.15, 0.2) is 48.5 Å². The Balaban J connectivity index is 2.08. The van der Waals surface area contributed by atoms with Crippen LogP contribution in [-0.4, -0.2) is 6.09 Å². The van der Waals surface area contributed by atoms with Crippen LogP contribution in [0.1, 0.15) is 0 Å². The first-order chi connectivity index (χ1) is 8.66. The Kier molecular flexibility index (Phi) is 3.79. The van der Waals surface area contributed by atoms with E-state index in [9.17, 15) is 9.18 Å². The zero-order valence-electron chi connectivity index (χ0n) is 9.19. The van der Waals surface area contributed by atoms with Gasteiger partial charge in [-0.05, 0) is 24.3 Å². The Bertz CT molecular complexity index is 540. The lowest BCUT2D eigenvalue weighted by atomic mass is 10.3. The molecule has 3 nitrogen and oxygen atoms in total. The van der Waals surface area contributed by atoms with Crippen molar-refractivity contribution < 1.29 is 13.9 Å². The van der Waals surface area contributed by atoms with Crippen molar-refractivity contribution in [2.45, 2.75) is 0 Å². The molecule has 2 aromatic carbocycles. The van der Waals surface area contributed by atoms with Gasteiger partial charge in [0.05, 0.1) is 10.7 Å². The number of nitrogens with one attached hydrogen (secondary N) is 1. The number of hydrogen-bond donors (Lipinski definition) is 1. The number of carbonyl (C=O) groups is 1. The van der Waals surface area contributed by atoms with Crippen LogP contribution < -0.4 is 10.1 Å². The van der Waals surface area contributed by atoms with Crippen LogP contribution in [0.2, 0.25) is 5.02 Å². The van der Waals surface area contributed by atoms with Crippen molar-refractivity contribution in [3.8, 4) is 5.75 Å². The van der Waals surface area contributed by atoms with E-state index in [1.807, 2.05) is 0 Å². The van der Waals surface area contributed by atoms with Crippen molar-refractivity contribution in [1.29, 1.82) is 0 Å². The molecule has 5 heteroatoms.